The van der Waals surface area contributed by atoms with Crippen LogP contribution in [0.2, 0.25) is 0 Å². The second-order valence-corrected chi connectivity index (χ2v) is 8.86. The fraction of sp³-hybridized carbons (Fsp3) is 0.207. The number of fused-ring (bicyclic) bond motifs is 2. The van der Waals surface area contributed by atoms with Gasteiger partial charge in [0.05, 0.1) is 7.11 Å². The maximum absolute atomic E-state index is 14.0. The van der Waals surface area contributed by atoms with Crippen LogP contribution in [0.4, 0.5) is 5.69 Å². The van der Waals surface area contributed by atoms with E-state index in [1.54, 1.807) is 24.3 Å². The van der Waals surface area contributed by atoms with Crippen molar-refractivity contribution in [2.45, 2.75) is 31.5 Å². The summed E-state index contributed by atoms with van der Waals surface area (Å²) in [5, 5.41) is 0. The molecule has 1 fully saturated rings. The smallest absolute Gasteiger partial charge is 0.339 e. The summed E-state index contributed by atoms with van der Waals surface area (Å²) < 4.78 is 11.6. The summed E-state index contributed by atoms with van der Waals surface area (Å²) in [4.78, 5) is 43.5. The Morgan fingerprint density at radius 3 is 1.83 bits per heavy atom. The average Bonchev–Trinajstić information content (AvgIpc) is 3.41. The fourth-order valence-electron chi connectivity index (χ4n) is 4.93. The fourth-order valence-corrected chi connectivity index (χ4v) is 4.93. The molecule has 182 valence electrons. The van der Waals surface area contributed by atoms with Gasteiger partial charge in [-0.1, -0.05) is 78.9 Å². The molecule has 0 aromatic heterocycles. The van der Waals surface area contributed by atoms with Crippen molar-refractivity contribution in [2.75, 3.05) is 12.0 Å². The second kappa shape index (κ2) is 9.18. The molecule has 2 bridgehead atoms. The van der Waals surface area contributed by atoms with Crippen LogP contribution in [0.15, 0.2) is 103 Å². The van der Waals surface area contributed by atoms with E-state index in [1.165, 1.54) is 25.0 Å². The minimum Gasteiger partial charge on any atom is -0.465 e. The van der Waals surface area contributed by atoms with E-state index >= 15 is 0 Å². The third-order valence-electron chi connectivity index (χ3n) is 6.63. The summed E-state index contributed by atoms with van der Waals surface area (Å²) in [6.45, 7) is 1.95. The van der Waals surface area contributed by atoms with Gasteiger partial charge in [0.1, 0.15) is 5.57 Å². The van der Waals surface area contributed by atoms with E-state index in [0.29, 0.717) is 18.8 Å². The highest BCUT2D eigenvalue weighted by Gasteiger charge is 2.73. The molecule has 0 aliphatic carbocycles. The standard InChI is InChI=1S/C29H26N2O5/c1-21(32)28-18-25(26(33)35-2)29(36-28,31(27(28)34)24-16-10-5-11-17-24)30(19-22-12-6-3-7-13-22)20-23-14-8-4-9-15-23/h3-18H,19-20H2,1-2H3. The largest absolute Gasteiger partial charge is 0.465 e. The lowest BCUT2D eigenvalue weighted by Crippen LogP contribution is -2.62. The van der Waals surface area contributed by atoms with Crippen LogP contribution in [0, 0.1) is 0 Å². The lowest BCUT2D eigenvalue weighted by Gasteiger charge is -2.44. The third-order valence-corrected chi connectivity index (χ3v) is 6.63. The monoisotopic (exact) mass is 482 g/mol. The van der Waals surface area contributed by atoms with Crippen LogP contribution >= 0.6 is 0 Å². The van der Waals surface area contributed by atoms with Gasteiger partial charge in [-0.15, -0.1) is 0 Å². The molecule has 3 aromatic carbocycles. The Morgan fingerprint density at radius 2 is 1.36 bits per heavy atom. The number of hydrogen-bond donors (Lipinski definition) is 0. The Morgan fingerprint density at radius 1 is 0.861 bits per heavy atom. The number of carbonyl (C=O) groups is 3. The van der Waals surface area contributed by atoms with Crippen LogP contribution in [-0.4, -0.2) is 41.1 Å². The first kappa shape index (κ1) is 23.7. The molecule has 5 rings (SSSR count). The van der Waals surface area contributed by atoms with Crippen molar-refractivity contribution in [3.63, 3.8) is 0 Å². The van der Waals surface area contributed by atoms with Gasteiger partial charge in [-0.2, -0.15) is 0 Å². The summed E-state index contributed by atoms with van der Waals surface area (Å²) >= 11 is 0. The molecule has 7 nitrogen and oxygen atoms in total. The quantitative estimate of drug-likeness (QED) is 0.359. The van der Waals surface area contributed by atoms with E-state index in [-0.39, 0.29) is 5.57 Å². The number of hydrogen-bond acceptors (Lipinski definition) is 6. The summed E-state index contributed by atoms with van der Waals surface area (Å²) in [7, 11) is 1.27. The Hall–Kier alpha value is -4.07. The molecule has 0 radical (unpaired) electrons. The van der Waals surface area contributed by atoms with Crippen LogP contribution in [0.1, 0.15) is 18.1 Å². The van der Waals surface area contributed by atoms with Gasteiger partial charge in [-0.05, 0) is 36.3 Å². The number of benzene rings is 3. The predicted molar refractivity (Wildman–Crippen MR) is 133 cm³/mol. The molecule has 36 heavy (non-hydrogen) atoms. The van der Waals surface area contributed by atoms with Gasteiger partial charge >= 0.3 is 5.97 Å². The third kappa shape index (κ3) is 3.64. The Balaban J connectivity index is 1.75. The summed E-state index contributed by atoms with van der Waals surface area (Å²) in [5.74, 6) is -3.42. The predicted octanol–water partition coefficient (Wildman–Crippen LogP) is 3.85. The number of methoxy groups -OCH3 is 1. The highest BCUT2D eigenvalue weighted by molar-refractivity contribution is 6.22. The molecular weight excluding hydrogens is 456 g/mol. The summed E-state index contributed by atoms with van der Waals surface area (Å²) in [5.41, 5.74) is 0.568. The van der Waals surface area contributed by atoms with Crippen molar-refractivity contribution >= 4 is 23.3 Å². The lowest BCUT2D eigenvalue weighted by molar-refractivity contribution is -0.165. The first-order valence-corrected chi connectivity index (χ1v) is 11.7. The Labute approximate surface area is 209 Å². The zero-order valence-corrected chi connectivity index (χ0v) is 20.1. The summed E-state index contributed by atoms with van der Waals surface area (Å²) in [6, 6.07) is 28.3. The van der Waals surface area contributed by atoms with Gasteiger partial charge in [0.25, 0.3) is 5.91 Å². The van der Waals surface area contributed by atoms with E-state index in [2.05, 4.69) is 0 Å². The van der Waals surface area contributed by atoms with Crippen LogP contribution in [0.5, 0.6) is 0 Å². The van der Waals surface area contributed by atoms with E-state index < -0.39 is 29.1 Å². The minimum atomic E-state index is -1.93. The van der Waals surface area contributed by atoms with Gasteiger partial charge in [-0.3, -0.25) is 14.5 Å². The van der Waals surface area contributed by atoms with Crippen molar-refractivity contribution in [3.8, 4) is 0 Å². The molecule has 0 N–H and O–H groups in total. The molecule has 2 atom stereocenters. The number of carbonyl (C=O) groups excluding carboxylic acids is 3. The van der Waals surface area contributed by atoms with Gasteiger partial charge in [0, 0.05) is 18.8 Å². The number of anilines is 1. The van der Waals surface area contributed by atoms with Crippen molar-refractivity contribution < 1.29 is 23.9 Å². The zero-order chi connectivity index (χ0) is 25.3. The number of ketones is 1. The molecule has 1 saturated heterocycles. The molecule has 2 heterocycles. The van der Waals surface area contributed by atoms with Crippen LogP contribution in [0.3, 0.4) is 0 Å². The van der Waals surface area contributed by atoms with Gasteiger partial charge in [0.2, 0.25) is 11.4 Å². The number of nitrogens with zero attached hydrogens (tertiary/aromatic N) is 2. The van der Waals surface area contributed by atoms with Crippen LogP contribution in [0.25, 0.3) is 0 Å². The zero-order valence-electron chi connectivity index (χ0n) is 20.1. The molecule has 2 aliphatic heterocycles. The highest BCUT2D eigenvalue weighted by Crippen LogP contribution is 2.53. The van der Waals surface area contributed by atoms with Crippen molar-refractivity contribution in [1.82, 2.24) is 4.90 Å². The van der Waals surface area contributed by atoms with E-state index in [0.717, 1.165) is 11.1 Å². The average molecular weight is 483 g/mol. The second-order valence-electron chi connectivity index (χ2n) is 8.86. The van der Waals surface area contributed by atoms with Crippen molar-refractivity contribution in [3.05, 3.63) is 114 Å². The lowest BCUT2D eigenvalue weighted by atomic mass is 9.91. The SMILES string of the molecule is COC(=O)C1=CC2(C(C)=O)OC1(N(Cc1ccccc1)Cc1ccccc1)N(c1ccccc1)C2=O. The van der Waals surface area contributed by atoms with E-state index in [1.807, 2.05) is 71.6 Å². The molecule has 2 unspecified atom stereocenters. The number of esters is 1. The molecular formula is C29H26N2O5. The normalized spacial score (nSPS) is 22.6. The highest BCUT2D eigenvalue weighted by atomic mass is 16.6. The van der Waals surface area contributed by atoms with Crippen LogP contribution < -0.4 is 4.90 Å². The van der Waals surface area contributed by atoms with Gasteiger partial charge in [-0.25, -0.2) is 9.69 Å². The summed E-state index contributed by atoms with van der Waals surface area (Å²) in [6.07, 6.45) is 1.34. The molecule has 0 saturated carbocycles. The first-order valence-electron chi connectivity index (χ1n) is 11.7. The number of Topliss-reactive ketones (excluding diaryl/α,β-unsaturated/α-hetero) is 1. The minimum absolute atomic E-state index is 0.0931. The van der Waals surface area contributed by atoms with E-state index in [4.69, 9.17) is 9.47 Å². The Kier molecular flexibility index (Phi) is 6.04. The topological polar surface area (TPSA) is 76.2 Å². The van der Waals surface area contributed by atoms with Crippen LogP contribution in [-0.2, 0) is 36.9 Å². The number of para-hydroxylation sites is 1. The van der Waals surface area contributed by atoms with Gasteiger partial charge in [0.15, 0.2) is 5.78 Å². The molecule has 0 spiro atoms. The Bertz CT molecular complexity index is 1280. The van der Waals surface area contributed by atoms with Crippen molar-refractivity contribution in [2.24, 2.45) is 0 Å². The molecule has 1 amide bonds. The number of ether oxygens (including phenoxy) is 2. The maximum atomic E-state index is 14.0. The number of amides is 1. The van der Waals surface area contributed by atoms with Crippen molar-refractivity contribution in [1.29, 1.82) is 0 Å². The maximum Gasteiger partial charge on any atom is 0.339 e. The van der Waals surface area contributed by atoms with E-state index in [9.17, 15) is 14.4 Å². The molecule has 2 aliphatic rings. The molecule has 3 aromatic rings. The first-order chi connectivity index (χ1) is 17.4. The number of rotatable bonds is 8. The molecule has 7 heteroatoms. The van der Waals surface area contributed by atoms with Gasteiger partial charge < -0.3 is 9.47 Å².